The quantitative estimate of drug-likeness (QED) is 0.663. The molecule has 1 aliphatic carbocycles. The van der Waals surface area contributed by atoms with Crippen molar-refractivity contribution in [1.29, 1.82) is 0 Å². The van der Waals surface area contributed by atoms with Gasteiger partial charge in [0, 0.05) is 12.6 Å². The zero-order chi connectivity index (χ0) is 9.84. The monoisotopic (exact) mass is 200 g/mol. The third-order valence-electron chi connectivity index (χ3n) is 2.42. The molecule has 0 heterocycles. The first-order valence-electron chi connectivity index (χ1n) is 5.12. The van der Waals surface area contributed by atoms with Crippen molar-refractivity contribution >= 4 is 17.2 Å². The molecule has 1 rings (SSSR count). The van der Waals surface area contributed by atoms with E-state index in [1.807, 2.05) is 0 Å². The maximum Gasteiger partial charge on any atom is 0.0870 e. The Labute approximate surface area is 86.5 Å². The number of nitrogens with two attached hydrogens (primary N) is 1. The number of hydrogen-bond acceptors (Lipinski definition) is 2. The minimum atomic E-state index is 0.635. The minimum absolute atomic E-state index is 0.635. The zero-order valence-electron chi connectivity index (χ0n) is 8.62. The van der Waals surface area contributed by atoms with Crippen molar-refractivity contribution in [3.8, 4) is 0 Å². The van der Waals surface area contributed by atoms with E-state index in [-0.39, 0.29) is 0 Å². The molecule has 0 unspecified atom stereocenters. The average Bonchev–Trinajstić information content (AvgIpc) is 2.78. The molecule has 0 atom stereocenters. The van der Waals surface area contributed by atoms with Crippen LogP contribution in [0.5, 0.6) is 0 Å². The van der Waals surface area contributed by atoms with E-state index in [1.54, 1.807) is 0 Å². The summed E-state index contributed by atoms with van der Waals surface area (Å²) in [5.74, 6) is 0.771. The molecule has 1 saturated carbocycles. The fraction of sp³-hybridized carbons (Fsp3) is 0.900. The normalized spacial score (nSPS) is 16.9. The molecule has 3 heteroatoms. The molecule has 1 fully saturated rings. The van der Waals surface area contributed by atoms with E-state index in [2.05, 4.69) is 18.7 Å². The molecule has 76 valence electrons. The van der Waals surface area contributed by atoms with Crippen molar-refractivity contribution in [1.82, 2.24) is 4.90 Å². The van der Waals surface area contributed by atoms with Crippen molar-refractivity contribution < 1.29 is 0 Å². The average molecular weight is 200 g/mol. The van der Waals surface area contributed by atoms with Crippen molar-refractivity contribution in [3.05, 3.63) is 0 Å². The van der Waals surface area contributed by atoms with Crippen LogP contribution in [0.25, 0.3) is 0 Å². The molecule has 2 N–H and O–H groups in total. The van der Waals surface area contributed by atoms with E-state index < -0.39 is 0 Å². The summed E-state index contributed by atoms with van der Waals surface area (Å²) in [4.78, 5) is 3.07. The summed E-state index contributed by atoms with van der Waals surface area (Å²) in [5, 5.41) is 0. The van der Waals surface area contributed by atoms with E-state index in [9.17, 15) is 0 Å². The minimum Gasteiger partial charge on any atom is -0.392 e. The van der Waals surface area contributed by atoms with Gasteiger partial charge in [0.05, 0.1) is 4.99 Å². The van der Waals surface area contributed by atoms with Crippen LogP contribution in [0.4, 0.5) is 0 Å². The molecule has 0 aromatic carbocycles. The van der Waals surface area contributed by atoms with Crippen LogP contribution in [0.3, 0.4) is 0 Å². The lowest BCUT2D eigenvalue weighted by Gasteiger charge is -2.21. The topological polar surface area (TPSA) is 29.3 Å². The molecule has 1 aliphatic rings. The van der Waals surface area contributed by atoms with Crippen LogP contribution in [0.15, 0.2) is 0 Å². The smallest absolute Gasteiger partial charge is 0.0870 e. The molecule has 13 heavy (non-hydrogen) atoms. The second-order valence-corrected chi connectivity index (χ2v) is 4.87. The Hall–Kier alpha value is -0.150. The molecule has 0 aromatic heterocycles. The predicted octanol–water partition coefficient (Wildman–Crippen LogP) is 1.78. The highest BCUT2D eigenvalue weighted by molar-refractivity contribution is 7.80. The second-order valence-electron chi connectivity index (χ2n) is 4.35. The predicted molar refractivity (Wildman–Crippen MR) is 60.8 cm³/mol. The van der Waals surface area contributed by atoms with Crippen LogP contribution >= 0.6 is 12.2 Å². The number of rotatable bonds is 6. The van der Waals surface area contributed by atoms with Crippen LogP contribution in [-0.2, 0) is 0 Å². The van der Waals surface area contributed by atoms with Crippen LogP contribution in [-0.4, -0.2) is 29.0 Å². The van der Waals surface area contributed by atoms with E-state index in [0.29, 0.717) is 4.99 Å². The van der Waals surface area contributed by atoms with E-state index in [4.69, 9.17) is 18.0 Å². The Bertz CT molecular complexity index is 176. The first kappa shape index (κ1) is 10.9. The largest absolute Gasteiger partial charge is 0.392 e. The molecule has 0 radical (unpaired) electrons. The van der Waals surface area contributed by atoms with Gasteiger partial charge in [0.1, 0.15) is 0 Å². The molecule has 0 aliphatic heterocycles. The first-order valence-corrected chi connectivity index (χ1v) is 5.52. The van der Waals surface area contributed by atoms with Gasteiger partial charge >= 0.3 is 0 Å². The van der Waals surface area contributed by atoms with Crippen molar-refractivity contribution in [3.63, 3.8) is 0 Å². The summed E-state index contributed by atoms with van der Waals surface area (Å²) in [5.41, 5.74) is 5.56. The van der Waals surface area contributed by atoms with Gasteiger partial charge in [-0.3, -0.25) is 4.90 Å². The van der Waals surface area contributed by atoms with E-state index >= 15 is 0 Å². The number of nitrogens with zero attached hydrogens (tertiary/aromatic N) is 1. The van der Waals surface area contributed by atoms with Gasteiger partial charge in [-0.1, -0.05) is 26.1 Å². The standard InChI is InChI=1S/C10H20N2S/c1-8(2)5-6-12(7-10(11)13)9-3-4-9/h8-9H,3-7H2,1-2H3,(H2,11,13). The summed E-state index contributed by atoms with van der Waals surface area (Å²) in [6.45, 7) is 6.48. The lowest BCUT2D eigenvalue weighted by atomic mass is 10.1. The maximum absolute atomic E-state index is 5.56. The Morgan fingerprint density at radius 1 is 1.54 bits per heavy atom. The molecular weight excluding hydrogens is 180 g/mol. The lowest BCUT2D eigenvalue weighted by Crippen LogP contribution is -2.35. The summed E-state index contributed by atoms with van der Waals surface area (Å²) in [7, 11) is 0. The Morgan fingerprint density at radius 3 is 2.54 bits per heavy atom. The van der Waals surface area contributed by atoms with Gasteiger partial charge < -0.3 is 5.73 Å². The fourth-order valence-corrected chi connectivity index (χ4v) is 1.62. The van der Waals surface area contributed by atoms with Gasteiger partial charge in [-0.25, -0.2) is 0 Å². The first-order chi connectivity index (χ1) is 6.09. The Balaban J connectivity index is 2.25. The van der Waals surface area contributed by atoms with Gasteiger partial charge in [0.25, 0.3) is 0 Å². The third kappa shape index (κ3) is 4.58. The Kier molecular flexibility index (Phi) is 4.13. The van der Waals surface area contributed by atoms with Gasteiger partial charge in [-0.05, 0) is 31.7 Å². The molecule has 0 amide bonds. The highest BCUT2D eigenvalue weighted by atomic mass is 32.1. The number of hydrogen-bond donors (Lipinski definition) is 1. The van der Waals surface area contributed by atoms with Gasteiger partial charge in [0.2, 0.25) is 0 Å². The SMILES string of the molecule is CC(C)CCN(CC(N)=S)C1CC1. The van der Waals surface area contributed by atoms with Crippen LogP contribution in [0, 0.1) is 5.92 Å². The van der Waals surface area contributed by atoms with Gasteiger partial charge in [-0.15, -0.1) is 0 Å². The van der Waals surface area contributed by atoms with E-state index in [0.717, 1.165) is 25.0 Å². The van der Waals surface area contributed by atoms with Crippen LogP contribution in [0.2, 0.25) is 0 Å². The van der Waals surface area contributed by atoms with Gasteiger partial charge in [0.15, 0.2) is 0 Å². The maximum atomic E-state index is 5.56. The van der Waals surface area contributed by atoms with Gasteiger partial charge in [-0.2, -0.15) is 0 Å². The van der Waals surface area contributed by atoms with Crippen LogP contribution in [0.1, 0.15) is 33.1 Å². The highest BCUT2D eigenvalue weighted by Gasteiger charge is 2.28. The van der Waals surface area contributed by atoms with Crippen LogP contribution < -0.4 is 5.73 Å². The summed E-state index contributed by atoms with van der Waals surface area (Å²) >= 11 is 4.93. The molecule has 0 bridgehead atoms. The summed E-state index contributed by atoms with van der Waals surface area (Å²) in [6.07, 6.45) is 3.92. The van der Waals surface area contributed by atoms with Crippen molar-refractivity contribution in [2.24, 2.45) is 11.7 Å². The fourth-order valence-electron chi connectivity index (χ4n) is 1.45. The number of thiocarbonyl (C=S) groups is 1. The highest BCUT2D eigenvalue weighted by Crippen LogP contribution is 2.26. The zero-order valence-corrected chi connectivity index (χ0v) is 9.44. The second kappa shape index (κ2) is 4.91. The molecule has 0 spiro atoms. The van der Waals surface area contributed by atoms with Crippen molar-refractivity contribution in [2.45, 2.75) is 39.2 Å². The molecule has 0 aromatic rings. The lowest BCUT2D eigenvalue weighted by molar-refractivity contribution is 0.281. The molecule has 0 saturated heterocycles. The third-order valence-corrected chi connectivity index (χ3v) is 2.54. The van der Waals surface area contributed by atoms with E-state index in [1.165, 1.54) is 19.3 Å². The summed E-state index contributed by atoms with van der Waals surface area (Å²) < 4.78 is 0. The molecule has 2 nitrogen and oxygen atoms in total. The summed E-state index contributed by atoms with van der Waals surface area (Å²) in [6, 6.07) is 0.778. The molecular formula is C10H20N2S. The Morgan fingerprint density at radius 2 is 2.15 bits per heavy atom. The van der Waals surface area contributed by atoms with Crippen molar-refractivity contribution in [2.75, 3.05) is 13.1 Å².